The maximum atomic E-state index is 10.4. The summed E-state index contributed by atoms with van der Waals surface area (Å²) < 4.78 is 236. The molecule has 0 N–H and O–H groups in total. The van der Waals surface area contributed by atoms with Gasteiger partial charge >= 0.3 is 0 Å². The number of ether oxygens (including phenoxy) is 1. The number of rotatable bonds is 9. The molecule has 11 aromatic carbocycles. The fraction of sp³-hybridized carbons (Fsp3) is 0.143. The molecule has 7 heteroatoms. The molecule has 0 atom stereocenters. The van der Waals surface area contributed by atoms with Gasteiger partial charge in [-0.15, -0.1) is 29.7 Å². The number of aromatic nitrogens is 4. The van der Waals surface area contributed by atoms with E-state index in [0.29, 0.717) is 22.5 Å². The first kappa shape index (κ1) is 38.3. The van der Waals surface area contributed by atoms with Crippen LogP contribution in [0.4, 0.5) is 0 Å². The number of para-hydroxylation sites is 2. The van der Waals surface area contributed by atoms with Crippen molar-refractivity contribution in [3.63, 3.8) is 0 Å². The average molecular weight is 1400 g/mol. The van der Waals surface area contributed by atoms with Crippen LogP contribution in [0.1, 0.15) is 111 Å². The fourth-order valence-corrected chi connectivity index (χ4v) is 16.1. The number of nitrogens with zero attached hydrogens (tertiary/aromatic N) is 4. The Morgan fingerprint density at radius 2 is 0.989 bits per heavy atom. The second-order valence-corrected chi connectivity index (χ2v) is 29.1. The van der Waals surface area contributed by atoms with Gasteiger partial charge in [0.25, 0.3) is 6.33 Å². The molecule has 0 saturated carbocycles. The Hall–Kier alpha value is -9.45. The van der Waals surface area contributed by atoms with Gasteiger partial charge in [0.1, 0.15) is 5.82 Å². The maximum absolute atomic E-state index is 10.4. The van der Waals surface area contributed by atoms with E-state index in [9.17, 15) is 27.4 Å². The molecule has 0 spiro atoms. The molecule has 0 saturated heterocycles. The molecule has 0 unspecified atom stereocenters. The third kappa shape index (κ3) is 10.2. The second-order valence-electron chi connectivity index (χ2n) is 25.5. The Kier molecular flexibility index (Phi) is 9.59. The van der Waals surface area contributed by atoms with Crippen molar-refractivity contribution in [3.8, 4) is 73.2 Å². The standard InChI is InChI=1S/C84H70N4OSi.Pt/c1-82(2,3)57-45-46-85-79(50-57)88-76-42-24-23-39-72(76)73-44-43-62(52-77(73)88)89-61-28-25-27-60(51-61)86-55-87-80-67(56-47-58(83(4,5)6)49-59(48-56)84(7,8)9)40-26-41-74(80)70-37-21-19-35-68(70)69-36-20-22-38-71(69)75-53-66(54-78(86)81(75)87)90(63-29-13-10-14-30-63,64-31-15-11-16-32-64)65-33-17-12-18-34-65;/h10-50,53-54H,1-9H3;/q-2;/i10D,11D,12D,13D,14D,15D,16D,17D,18D,19D,20D,21D,22D,29D,30D,31D,32D,33D,34D,35D,36D,37D,38D;. The molecule has 5 nitrogen and oxygen atoms in total. The van der Waals surface area contributed by atoms with Crippen LogP contribution in [0.5, 0.6) is 11.5 Å². The van der Waals surface area contributed by atoms with Crippen LogP contribution in [-0.4, -0.2) is 22.2 Å². The van der Waals surface area contributed by atoms with E-state index in [2.05, 4.69) is 86.8 Å². The summed E-state index contributed by atoms with van der Waals surface area (Å²) in [5.74, 6) is 0.872. The van der Waals surface area contributed by atoms with Crippen molar-refractivity contribution in [2.45, 2.75) is 78.6 Å². The van der Waals surface area contributed by atoms with E-state index in [4.69, 9.17) is 13.8 Å². The quantitative estimate of drug-likeness (QED) is 0.0625. The van der Waals surface area contributed by atoms with Gasteiger partial charge in [0, 0.05) is 44.3 Å². The number of imidazole rings is 1. The van der Waals surface area contributed by atoms with E-state index in [1.54, 1.807) is 53.2 Å². The molecule has 0 radical (unpaired) electrons. The average Bonchev–Trinajstić information content (AvgIpc) is 0.950. The topological polar surface area (TPSA) is 35.9 Å². The second kappa shape index (κ2) is 22.8. The van der Waals surface area contributed by atoms with E-state index in [1.807, 2.05) is 59.2 Å². The monoisotopic (exact) mass is 1400 g/mol. The van der Waals surface area contributed by atoms with Gasteiger partial charge < -0.3 is 13.9 Å². The van der Waals surface area contributed by atoms with Crippen molar-refractivity contribution in [1.82, 2.24) is 14.1 Å². The van der Waals surface area contributed by atoms with Gasteiger partial charge in [-0.3, -0.25) is 4.57 Å². The minimum absolute atomic E-state index is 0. The summed E-state index contributed by atoms with van der Waals surface area (Å²) >= 11 is 0. The molecule has 0 aliphatic carbocycles. The number of fused-ring (bicyclic) bond motifs is 10. The van der Waals surface area contributed by atoms with E-state index < -0.39 is 195 Å². The van der Waals surface area contributed by atoms with Gasteiger partial charge in [-0.2, -0.15) is 18.2 Å². The van der Waals surface area contributed by atoms with Crippen LogP contribution in [0.15, 0.2) is 260 Å². The van der Waals surface area contributed by atoms with Crippen LogP contribution in [0.2, 0.25) is 0 Å². The summed E-state index contributed by atoms with van der Waals surface area (Å²) in [6.45, 7) is 18.6. The van der Waals surface area contributed by atoms with Crippen molar-refractivity contribution < 1.29 is 61.9 Å². The smallest absolute Gasteiger partial charge is 0.268 e. The van der Waals surface area contributed by atoms with Crippen molar-refractivity contribution in [3.05, 3.63) is 296 Å². The van der Waals surface area contributed by atoms with E-state index >= 15 is 0 Å². The van der Waals surface area contributed by atoms with Gasteiger partial charge in [0.05, 0.1) is 48.2 Å². The summed E-state index contributed by atoms with van der Waals surface area (Å²) in [6.07, 6.45) is 5.34. The minimum Gasteiger partial charge on any atom is -0.510 e. The number of hydrogen-bond acceptors (Lipinski definition) is 2. The van der Waals surface area contributed by atoms with E-state index in [-0.39, 0.29) is 77.1 Å². The first-order chi connectivity index (χ1) is 53.0. The van der Waals surface area contributed by atoms with Gasteiger partial charge in [0.15, 0.2) is 8.07 Å². The first-order valence-corrected chi connectivity index (χ1v) is 31.5. The maximum Gasteiger partial charge on any atom is 0.268 e. The summed E-state index contributed by atoms with van der Waals surface area (Å²) in [6, 6.07) is 19.0. The molecule has 91 heavy (non-hydrogen) atoms. The van der Waals surface area contributed by atoms with Crippen LogP contribution in [0, 0.1) is 18.5 Å². The summed E-state index contributed by atoms with van der Waals surface area (Å²) in [4.78, 5) is 4.86. The number of pyridine rings is 1. The van der Waals surface area contributed by atoms with Crippen LogP contribution < -0.4 is 30.1 Å². The van der Waals surface area contributed by atoms with Crippen molar-refractivity contribution >= 4 is 61.7 Å². The molecule has 1 aliphatic rings. The predicted molar refractivity (Wildman–Crippen MR) is 375 cm³/mol. The largest absolute Gasteiger partial charge is 0.510 e. The van der Waals surface area contributed by atoms with Crippen LogP contribution in [0.3, 0.4) is 0 Å². The Morgan fingerprint density at radius 3 is 1.59 bits per heavy atom. The fourth-order valence-electron chi connectivity index (χ4n) is 12.3. The van der Waals surface area contributed by atoms with Gasteiger partial charge in [-0.25, -0.2) is 4.98 Å². The molecule has 0 amide bonds. The van der Waals surface area contributed by atoms with Gasteiger partial charge in [-0.1, -0.05) is 274 Å². The molecule has 4 heterocycles. The van der Waals surface area contributed by atoms with E-state index in [1.165, 1.54) is 16.7 Å². The zero-order valence-corrected chi connectivity index (χ0v) is 54.3. The molecule has 0 fully saturated rings. The third-order valence-corrected chi connectivity index (χ3v) is 21.0. The Labute approximate surface area is 582 Å². The Morgan fingerprint density at radius 1 is 0.451 bits per heavy atom. The third-order valence-electron chi connectivity index (χ3n) is 16.8. The Bertz CT molecular complexity index is 6270. The summed E-state index contributed by atoms with van der Waals surface area (Å²) in [5.41, 5.74) is 1.89. The zero-order valence-electron chi connectivity index (χ0n) is 74.1. The summed E-state index contributed by atoms with van der Waals surface area (Å²) in [7, 11) is -6.22. The number of benzene rings is 11. The van der Waals surface area contributed by atoms with Crippen molar-refractivity contribution in [2.24, 2.45) is 0 Å². The molecule has 14 aromatic rings. The zero-order chi connectivity index (χ0) is 81.7. The van der Waals surface area contributed by atoms with E-state index in [0.717, 1.165) is 33.0 Å². The normalized spacial score (nSPS) is 15.9. The SMILES string of the molecule is [2H]c1c([2H])c([2H])c([Si](c2cc3c4c(c2)n(-c2[c-]c(Oc5[c-]c6c(cc5)c5ccccc5n6-c5cc(C(C)(C)C)ccn5)ccc2)[c-][n+]4-c2c(-c4cc(C(C)(C)C)cc(C(C)(C)C)c4)cccc2-c2c([2H])c([2H])c([2H])c([2H])c2-c2c([2H])c([2H])c([2H])c([2H])c2-3)(c2c([2H])c([2H])c([2H])c([2H])c2[2H])c2c([2H])c([2H])c([2H])c([2H])c2[2H])c([2H])c1[2H].[Pt]. The number of hydrogen-bond donors (Lipinski definition) is 0. The van der Waals surface area contributed by atoms with Crippen LogP contribution >= 0.6 is 0 Å². The van der Waals surface area contributed by atoms with Crippen molar-refractivity contribution in [1.29, 1.82) is 0 Å². The first-order valence-electron chi connectivity index (χ1n) is 41.0. The molecule has 448 valence electrons. The van der Waals surface area contributed by atoms with Gasteiger partial charge in [-0.05, 0) is 127 Å². The Balaban J connectivity index is 0.0000108. The molecular formula is C84H70N4OPtSi-2. The van der Waals surface area contributed by atoms with Crippen molar-refractivity contribution in [2.75, 3.05) is 0 Å². The molecule has 15 rings (SSSR count). The summed E-state index contributed by atoms with van der Waals surface area (Å²) in [5, 5.41) is -1.35. The van der Waals surface area contributed by atoms with Gasteiger partial charge in [0.2, 0.25) is 0 Å². The minimum atomic E-state index is -6.22. The molecular weight excluding hydrogens is 1300 g/mol. The predicted octanol–water partition coefficient (Wildman–Crippen LogP) is 17.8. The molecule has 3 aromatic heterocycles. The van der Waals surface area contributed by atoms with Crippen LogP contribution in [0.25, 0.3) is 94.5 Å². The molecule has 0 bridgehead atoms. The molecule has 1 aliphatic heterocycles. The van der Waals surface area contributed by atoms with Crippen LogP contribution in [-0.2, 0) is 37.3 Å².